The number of nitrogens with one attached hydrogen (secondary N) is 1. The van der Waals surface area contributed by atoms with Crippen LogP contribution in [0.4, 0.5) is 10.8 Å². The highest BCUT2D eigenvalue weighted by molar-refractivity contribution is 9.10. The summed E-state index contributed by atoms with van der Waals surface area (Å²) >= 11 is 6.23. The van der Waals surface area contributed by atoms with Crippen LogP contribution < -0.4 is 5.32 Å². The fourth-order valence-corrected chi connectivity index (χ4v) is 4.26. The summed E-state index contributed by atoms with van der Waals surface area (Å²) < 4.78 is 12.5. The Morgan fingerprint density at radius 2 is 1.96 bits per heavy atom. The number of halogens is 1. The first-order chi connectivity index (χ1) is 13.1. The summed E-state index contributed by atoms with van der Waals surface area (Å²) in [4.78, 5) is 0. The first-order valence-electron chi connectivity index (χ1n) is 7.95. The Labute approximate surface area is 171 Å². The molecule has 4 rings (SSSR count). The average molecular weight is 464 g/mol. The van der Waals surface area contributed by atoms with Crippen LogP contribution >= 0.6 is 39.0 Å². The molecular formula is C17H14BrN5O2S2. The molecule has 1 N–H and O–H groups in total. The molecule has 0 saturated carbocycles. The van der Waals surface area contributed by atoms with Crippen molar-refractivity contribution < 1.29 is 8.83 Å². The number of hydrogen-bond donors (Lipinski definition) is 1. The number of aromatic nitrogens is 4. The molecule has 0 spiro atoms. The van der Waals surface area contributed by atoms with Gasteiger partial charge >= 0.3 is 0 Å². The number of rotatable bonds is 6. The average Bonchev–Trinajstić information content (AvgIpc) is 3.36. The Morgan fingerprint density at radius 1 is 1.07 bits per heavy atom. The van der Waals surface area contributed by atoms with Crippen molar-refractivity contribution in [1.29, 1.82) is 0 Å². The molecule has 3 aromatic heterocycles. The lowest BCUT2D eigenvalue weighted by Crippen LogP contribution is -1.92. The summed E-state index contributed by atoms with van der Waals surface area (Å²) in [6.07, 6.45) is 0. The first-order valence-corrected chi connectivity index (χ1v) is 10.5. The van der Waals surface area contributed by atoms with Crippen LogP contribution in [-0.4, -0.2) is 20.4 Å². The molecule has 1 aromatic carbocycles. The number of hydrogen-bond acceptors (Lipinski definition) is 9. The predicted molar refractivity (Wildman–Crippen MR) is 108 cm³/mol. The van der Waals surface area contributed by atoms with E-state index in [-0.39, 0.29) is 0 Å². The van der Waals surface area contributed by atoms with E-state index in [0.29, 0.717) is 28.0 Å². The molecule has 0 bridgehead atoms. The lowest BCUT2D eigenvalue weighted by atomic mass is 10.1. The van der Waals surface area contributed by atoms with E-state index in [4.69, 9.17) is 8.83 Å². The summed E-state index contributed by atoms with van der Waals surface area (Å²) in [5.74, 6) is 1.89. The van der Waals surface area contributed by atoms with Crippen molar-refractivity contribution in [2.75, 3.05) is 5.32 Å². The molecule has 0 aliphatic carbocycles. The number of anilines is 2. The Bertz CT molecular complexity index is 1070. The molecule has 0 atom stereocenters. The van der Waals surface area contributed by atoms with Crippen molar-refractivity contribution in [3.05, 3.63) is 52.0 Å². The van der Waals surface area contributed by atoms with Crippen LogP contribution in [0.1, 0.15) is 17.0 Å². The van der Waals surface area contributed by atoms with Crippen LogP contribution in [0, 0.1) is 13.8 Å². The second-order valence-corrected chi connectivity index (χ2v) is 8.69. The minimum atomic E-state index is 0.353. The van der Waals surface area contributed by atoms with Crippen LogP contribution in [0.3, 0.4) is 0 Å². The molecule has 0 amide bonds. The molecule has 3 heterocycles. The Hall–Kier alpha value is -2.17. The molecule has 0 unspecified atom stereocenters. The second-order valence-electron chi connectivity index (χ2n) is 5.71. The van der Waals surface area contributed by atoms with Gasteiger partial charge in [0.15, 0.2) is 14.8 Å². The van der Waals surface area contributed by atoms with E-state index in [9.17, 15) is 0 Å². The highest BCUT2D eigenvalue weighted by Crippen LogP contribution is 2.31. The van der Waals surface area contributed by atoms with Crippen LogP contribution in [0.25, 0.3) is 11.7 Å². The maximum Gasteiger partial charge on any atom is 0.283 e. The van der Waals surface area contributed by atoms with Crippen molar-refractivity contribution in [3.8, 4) is 11.7 Å². The molecule has 0 aliphatic heterocycles. The van der Waals surface area contributed by atoms with Gasteiger partial charge in [0.05, 0.1) is 5.75 Å². The second kappa shape index (κ2) is 7.83. The van der Waals surface area contributed by atoms with Crippen LogP contribution in [-0.2, 0) is 5.75 Å². The molecule has 0 saturated heterocycles. The van der Waals surface area contributed by atoms with Gasteiger partial charge in [0.25, 0.3) is 5.89 Å². The van der Waals surface area contributed by atoms with E-state index in [2.05, 4.69) is 67.6 Å². The maximum atomic E-state index is 5.62. The van der Waals surface area contributed by atoms with Gasteiger partial charge in [-0.3, -0.25) is 0 Å². The molecular weight excluding hydrogens is 450 g/mol. The van der Waals surface area contributed by atoms with Crippen LogP contribution in [0.5, 0.6) is 0 Å². The van der Waals surface area contributed by atoms with Gasteiger partial charge in [-0.1, -0.05) is 40.8 Å². The molecule has 0 radical (unpaired) electrons. The third-order valence-corrected chi connectivity index (χ3v) is 5.98. The highest BCUT2D eigenvalue weighted by Gasteiger charge is 2.14. The summed E-state index contributed by atoms with van der Waals surface area (Å²) in [6, 6.07) is 9.79. The van der Waals surface area contributed by atoms with Gasteiger partial charge in [-0.05, 0) is 53.5 Å². The van der Waals surface area contributed by atoms with E-state index >= 15 is 0 Å². The third-order valence-electron chi connectivity index (χ3n) is 3.60. The number of aryl methyl sites for hydroxylation is 2. The standard InChI is InChI=1S/C17H14BrN5O2S2/c1-9-3-4-11(10(2)7-9)19-16-22-23-17(27-16)26-8-14-20-21-15(25-14)12-5-6-13(18)24-12/h3-7H,8H2,1-2H3,(H,19,22). The molecule has 4 aromatic rings. The zero-order valence-corrected chi connectivity index (χ0v) is 17.6. The SMILES string of the molecule is Cc1ccc(Nc2nnc(SCc3nnc(-c4ccc(Br)o4)o3)s2)c(C)c1. The lowest BCUT2D eigenvalue weighted by Gasteiger charge is -2.06. The fourth-order valence-electron chi connectivity index (χ4n) is 2.35. The van der Waals surface area contributed by atoms with Gasteiger partial charge in [0.1, 0.15) is 0 Å². The van der Waals surface area contributed by atoms with Crippen molar-refractivity contribution in [2.45, 2.75) is 23.9 Å². The van der Waals surface area contributed by atoms with Gasteiger partial charge in [0.2, 0.25) is 11.0 Å². The highest BCUT2D eigenvalue weighted by atomic mass is 79.9. The zero-order chi connectivity index (χ0) is 18.8. The predicted octanol–water partition coefficient (Wildman–Crippen LogP) is 5.60. The molecule has 138 valence electrons. The quantitative estimate of drug-likeness (QED) is 0.369. The summed E-state index contributed by atoms with van der Waals surface area (Å²) in [7, 11) is 0. The Morgan fingerprint density at radius 3 is 2.74 bits per heavy atom. The smallest absolute Gasteiger partial charge is 0.283 e. The van der Waals surface area contributed by atoms with Gasteiger partial charge < -0.3 is 14.2 Å². The van der Waals surface area contributed by atoms with Crippen molar-refractivity contribution >= 4 is 49.8 Å². The zero-order valence-electron chi connectivity index (χ0n) is 14.4. The first kappa shape index (κ1) is 18.2. The number of thioether (sulfide) groups is 1. The Kier molecular flexibility index (Phi) is 5.28. The molecule has 10 heteroatoms. The monoisotopic (exact) mass is 463 g/mol. The van der Waals surface area contributed by atoms with E-state index in [1.807, 2.05) is 6.07 Å². The Balaban J connectivity index is 1.38. The maximum absolute atomic E-state index is 5.62. The minimum Gasteiger partial charge on any atom is -0.444 e. The summed E-state index contributed by atoms with van der Waals surface area (Å²) in [5.41, 5.74) is 3.43. The van der Waals surface area contributed by atoms with Crippen molar-refractivity contribution in [2.24, 2.45) is 0 Å². The fraction of sp³-hybridized carbons (Fsp3) is 0.176. The van der Waals surface area contributed by atoms with Gasteiger partial charge in [0, 0.05) is 5.69 Å². The van der Waals surface area contributed by atoms with Gasteiger partial charge in [-0.25, -0.2) is 0 Å². The molecule has 27 heavy (non-hydrogen) atoms. The van der Waals surface area contributed by atoms with E-state index in [0.717, 1.165) is 15.2 Å². The van der Waals surface area contributed by atoms with E-state index in [1.165, 1.54) is 34.2 Å². The van der Waals surface area contributed by atoms with E-state index < -0.39 is 0 Å². The van der Waals surface area contributed by atoms with Gasteiger partial charge in [-0.15, -0.1) is 20.4 Å². The van der Waals surface area contributed by atoms with Gasteiger partial charge in [-0.2, -0.15) is 0 Å². The summed E-state index contributed by atoms with van der Waals surface area (Å²) in [6.45, 7) is 4.14. The van der Waals surface area contributed by atoms with Crippen LogP contribution in [0.2, 0.25) is 0 Å². The largest absolute Gasteiger partial charge is 0.444 e. The van der Waals surface area contributed by atoms with Crippen molar-refractivity contribution in [3.63, 3.8) is 0 Å². The lowest BCUT2D eigenvalue weighted by molar-refractivity contribution is 0.486. The number of nitrogens with zero attached hydrogens (tertiary/aromatic N) is 4. The van der Waals surface area contributed by atoms with Crippen molar-refractivity contribution in [1.82, 2.24) is 20.4 Å². The minimum absolute atomic E-state index is 0.353. The molecule has 7 nitrogen and oxygen atoms in total. The number of benzene rings is 1. The number of furan rings is 1. The third kappa shape index (κ3) is 4.40. The van der Waals surface area contributed by atoms with E-state index in [1.54, 1.807) is 12.1 Å². The van der Waals surface area contributed by atoms with Crippen LogP contribution in [0.15, 0.2) is 48.2 Å². The molecule has 0 aliphatic rings. The molecule has 0 fully saturated rings. The normalized spacial score (nSPS) is 11.1. The topological polar surface area (TPSA) is 89.9 Å². The summed E-state index contributed by atoms with van der Waals surface area (Å²) in [5, 5.41) is 20.5.